The van der Waals surface area contributed by atoms with Crippen LogP contribution in [-0.2, 0) is 28.5 Å². The molecule has 0 N–H and O–H groups in total. The van der Waals surface area contributed by atoms with Gasteiger partial charge in [-0.25, -0.2) is 0 Å². The predicted molar refractivity (Wildman–Crippen MR) is 64.1 cm³/mol. The Hall–Kier alpha value is -1.14. The van der Waals surface area contributed by atoms with E-state index < -0.39 is 17.9 Å². The Balaban J connectivity index is 3.93. The van der Waals surface area contributed by atoms with E-state index >= 15 is 0 Å². The quantitative estimate of drug-likeness (QED) is 0.428. The maximum atomic E-state index is 11.6. The number of methoxy groups -OCH3 is 2. The monoisotopic (exact) mass is 262 g/mol. The first-order valence-electron chi connectivity index (χ1n) is 5.95. The molecule has 0 saturated carbocycles. The van der Waals surface area contributed by atoms with Gasteiger partial charge in [0.15, 0.2) is 0 Å². The van der Waals surface area contributed by atoms with Crippen LogP contribution < -0.4 is 0 Å². The van der Waals surface area contributed by atoms with Gasteiger partial charge in [-0.05, 0) is 6.42 Å². The molecule has 1 unspecified atom stereocenters. The Morgan fingerprint density at radius 3 is 2.00 bits per heavy atom. The van der Waals surface area contributed by atoms with Gasteiger partial charge in [-0.1, -0.05) is 6.92 Å². The lowest BCUT2D eigenvalue weighted by atomic mass is 10.0. The fourth-order valence-electron chi connectivity index (χ4n) is 1.24. The highest BCUT2D eigenvalue weighted by atomic mass is 16.6. The molecule has 0 aromatic rings. The average Bonchev–Trinajstić information content (AvgIpc) is 2.36. The molecule has 0 aromatic carbocycles. The largest absolute Gasteiger partial charge is 0.463 e. The lowest BCUT2D eigenvalue weighted by Gasteiger charge is -2.13. The van der Waals surface area contributed by atoms with Gasteiger partial charge in [0.05, 0.1) is 25.6 Å². The van der Waals surface area contributed by atoms with Crippen LogP contribution in [0.15, 0.2) is 0 Å². The zero-order valence-electron chi connectivity index (χ0n) is 11.3. The average molecular weight is 262 g/mol. The number of carbonyl (C=O) groups excluding carboxylic acids is 2. The Morgan fingerprint density at radius 1 is 0.944 bits per heavy atom. The molecule has 1 atom stereocenters. The van der Waals surface area contributed by atoms with Crippen LogP contribution in [0.4, 0.5) is 0 Å². The summed E-state index contributed by atoms with van der Waals surface area (Å²) < 4.78 is 19.4. The summed E-state index contributed by atoms with van der Waals surface area (Å²) in [6.07, 6.45) is 0.567. The van der Waals surface area contributed by atoms with Gasteiger partial charge in [0, 0.05) is 14.2 Å². The molecule has 0 rings (SSSR count). The second-order valence-corrected chi connectivity index (χ2v) is 3.68. The molecule has 0 aliphatic heterocycles. The number of rotatable bonds is 10. The third-order valence-corrected chi connectivity index (χ3v) is 2.32. The van der Waals surface area contributed by atoms with Crippen molar-refractivity contribution in [3.8, 4) is 0 Å². The first kappa shape index (κ1) is 16.9. The molecule has 0 amide bonds. The second-order valence-electron chi connectivity index (χ2n) is 3.68. The van der Waals surface area contributed by atoms with Crippen LogP contribution in [0.2, 0.25) is 0 Å². The Kier molecular flexibility index (Phi) is 10.3. The summed E-state index contributed by atoms with van der Waals surface area (Å²) in [6, 6.07) is 0. The van der Waals surface area contributed by atoms with Gasteiger partial charge < -0.3 is 18.9 Å². The van der Waals surface area contributed by atoms with Crippen molar-refractivity contribution in [3.05, 3.63) is 0 Å². The van der Waals surface area contributed by atoms with E-state index in [-0.39, 0.29) is 19.6 Å². The molecule has 106 valence electrons. The third-order valence-electron chi connectivity index (χ3n) is 2.32. The molecule has 0 saturated heterocycles. The standard InChI is InChI=1S/C12H22O6/c1-4-10(12(14)18-8-6-16-3)9-11(13)17-7-5-15-2/h10H,4-9H2,1-3H3. The van der Waals surface area contributed by atoms with Crippen LogP contribution in [0, 0.1) is 5.92 Å². The maximum absolute atomic E-state index is 11.6. The highest BCUT2D eigenvalue weighted by molar-refractivity contribution is 5.79. The van der Waals surface area contributed by atoms with E-state index in [0.29, 0.717) is 19.6 Å². The fraction of sp³-hybridized carbons (Fsp3) is 0.833. The Labute approximate surface area is 108 Å². The van der Waals surface area contributed by atoms with E-state index in [1.165, 1.54) is 14.2 Å². The molecule has 18 heavy (non-hydrogen) atoms. The highest BCUT2D eigenvalue weighted by Crippen LogP contribution is 2.11. The van der Waals surface area contributed by atoms with Crippen molar-refractivity contribution in [1.29, 1.82) is 0 Å². The smallest absolute Gasteiger partial charge is 0.309 e. The van der Waals surface area contributed by atoms with Crippen molar-refractivity contribution in [2.24, 2.45) is 5.92 Å². The van der Waals surface area contributed by atoms with E-state index in [1.54, 1.807) is 0 Å². The van der Waals surface area contributed by atoms with E-state index in [4.69, 9.17) is 18.9 Å². The summed E-state index contributed by atoms with van der Waals surface area (Å²) in [5.41, 5.74) is 0. The lowest BCUT2D eigenvalue weighted by molar-refractivity contribution is -0.156. The number of ether oxygens (including phenoxy) is 4. The van der Waals surface area contributed by atoms with Crippen molar-refractivity contribution in [2.45, 2.75) is 19.8 Å². The number of esters is 2. The Morgan fingerprint density at radius 2 is 1.50 bits per heavy atom. The first-order valence-corrected chi connectivity index (χ1v) is 5.95. The van der Waals surface area contributed by atoms with Gasteiger partial charge in [-0.2, -0.15) is 0 Å². The minimum absolute atomic E-state index is 0.0338. The van der Waals surface area contributed by atoms with Crippen molar-refractivity contribution in [2.75, 3.05) is 40.6 Å². The van der Waals surface area contributed by atoms with Crippen molar-refractivity contribution >= 4 is 11.9 Å². The summed E-state index contributed by atoms with van der Waals surface area (Å²) in [5, 5.41) is 0. The van der Waals surface area contributed by atoms with E-state index in [1.807, 2.05) is 6.92 Å². The summed E-state index contributed by atoms with van der Waals surface area (Å²) in [4.78, 5) is 23.0. The van der Waals surface area contributed by atoms with Gasteiger partial charge in [0.2, 0.25) is 0 Å². The number of hydrogen-bond acceptors (Lipinski definition) is 6. The van der Waals surface area contributed by atoms with Crippen molar-refractivity contribution in [1.82, 2.24) is 0 Å². The summed E-state index contributed by atoms with van der Waals surface area (Å²) in [7, 11) is 3.05. The second kappa shape index (κ2) is 11.0. The molecule has 0 fully saturated rings. The van der Waals surface area contributed by atoms with Crippen molar-refractivity contribution < 1.29 is 28.5 Å². The molecule has 6 heteroatoms. The van der Waals surface area contributed by atoms with Gasteiger partial charge >= 0.3 is 11.9 Å². The zero-order valence-corrected chi connectivity index (χ0v) is 11.3. The minimum Gasteiger partial charge on any atom is -0.463 e. The van der Waals surface area contributed by atoms with Crippen LogP contribution in [0.5, 0.6) is 0 Å². The van der Waals surface area contributed by atoms with Crippen molar-refractivity contribution in [3.63, 3.8) is 0 Å². The SMILES string of the molecule is CCC(CC(=O)OCCOC)C(=O)OCCOC. The Bertz CT molecular complexity index is 241. The molecule has 0 aliphatic rings. The zero-order chi connectivity index (χ0) is 13.8. The molecule has 0 heterocycles. The third kappa shape index (κ3) is 8.03. The normalized spacial score (nSPS) is 11.9. The molecule has 6 nitrogen and oxygen atoms in total. The molecular weight excluding hydrogens is 240 g/mol. The molecule has 0 aromatic heterocycles. The molecule has 0 radical (unpaired) electrons. The van der Waals surface area contributed by atoms with Gasteiger partial charge in [-0.3, -0.25) is 9.59 Å². The van der Waals surface area contributed by atoms with Crippen LogP contribution in [0.3, 0.4) is 0 Å². The van der Waals surface area contributed by atoms with E-state index in [2.05, 4.69) is 0 Å². The van der Waals surface area contributed by atoms with Gasteiger partial charge in [0.1, 0.15) is 13.2 Å². The topological polar surface area (TPSA) is 71.1 Å². The maximum Gasteiger partial charge on any atom is 0.309 e. The van der Waals surface area contributed by atoms with Crippen LogP contribution >= 0.6 is 0 Å². The molecular formula is C12H22O6. The fourth-order valence-corrected chi connectivity index (χ4v) is 1.24. The molecule has 0 spiro atoms. The molecule has 0 aliphatic carbocycles. The van der Waals surface area contributed by atoms with Crippen LogP contribution in [0.1, 0.15) is 19.8 Å². The minimum atomic E-state index is -0.461. The number of carbonyl (C=O) groups is 2. The molecule has 0 bridgehead atoms. The lowest BCUT2D eigenvalue weighted by Crippen LogP contribution is -2.23. The van der Waals surface area contributed by atoms with Gasteiger partial charge in [0.25, 0.3) is 0 Å². The first-order chi connectivity index (χ1) is 8.65. The van der Waals surface area contributed by atoms with Gasteiger partial charge in [-0.15, -0.1) is 0 Å². The predicted octanol–water partition coefficient (Wildman–Crippen LogP) is 0.782. The summed E-state index contributed by atoms with van der Waals surface area (Å²) in [5.74, 6) is -1.27. The van der Waals surface area contributed by atoms with Crippen LogP contribution in [0.25, 0.3) is 0 Å². The summed E-state index contributed by atoms with van der Waals surface area (Å²) in [6.45, 7) is 2.92. The summed E-state index contributed by atoms with van der Waals surface area (Å²) >= 11 is 0. The van der Waals surface area contributed by atoms with E-state index in [0.717, 1.165) is 0 Å². The van der Waals surface area contributed by atoms with E-state index in [9.17, 15) is 9.59 Å². The van der Waals surface area contributed by atoms with Crippen LogP contribution in [-0.4, -0.2) is 52.6 Å². The highest BCUT2D eigenvalue weighted by Gasteiger charge is 2.22. The number of hydrogen-bond donors (Lipinski definition) is 0.